The van der Waals surface area contributed by atoms with E-state index in [4.69, 9.17) is 4.74 Å². The van der Waals surface area contributed by atoms with Crippen LogP contribution in [0.4, 0.5) is 17.6 Å². The van der Waals surface area contributed by atoms with Gasteiger partial charge in [-0.15, -0.1) is 0 Å². The second-order valence-electron chi connectivity index (χ2n) is 3.50. The molecule has 2 nitrogen and oxygen atoms in total. The highest BCUT2D eigenvalue weighted by Gasteiger charge is 2.27. The van der Waals surface area contributed by atoms with Gasteiger partial charge in [-0.05, 0) is 30.8 Å². The van der Waals surface area contributed by atoms with Crippen molar-refractivity contribution in [2.45, 2.75) is 18.5 Å². The van der Waals surface area contributed by atoms with Gasteiger partial charge >= 0.3 is 5.51 Å². The van der Waals surface area contributed by atoms with Crippen LogP contribution in [0.5, 0.6) is 5.75 Å². The third-order valence-corrected chi connectivity index (χ3v) is 2.73. The largest absolute Gasteiger partial charge is 0.492 e. The van der Waals surface area contributed by atoms with Gasteiger partial charge in [0.2, 0.25) is 0 Å². The maximum Gasteiger partial charge on any atom is 0.441 e. The first-order valence-electron chi connectivity index (χ1n) is 5.10. The molecule has 7 heteroatoms. The number of halogens is 4. The SMILES string of the molecule is C[C@H](O)c1ccc(F)cc1OCCSC(F)(F)F. The molecule has 0 unspecified atom stereocenters. The van der Waals surface area contributed by atoms with Gasteiger partial charge in [0, 0.05) is 17.4 Å². The van der Waals surface area contributed by atoms with Crippen molar-refractivity contribution in [3.63, 3.8) is 0 Å². The highest BCUT2D eigenvalue weighted by atomic mass is 32.2. The lowest BCUT2D eigenvalue weighted by molar-refractivity contribution is -0.0329. The van der Waals surface area contributed by atoms with Crippen molar-refractivity contribution in [3.05, 3.63) is 29.6 Å². The van der Waals surface area contributed by atoms with Crippen LogP contribution in [0.3, 0.4) is 0 Å². The summed E-state index contributed by atoms with van der Waals surface area (Å²) in [5, 5.41) is 9.39. The van der Waals surface area contributed by atoms with E-state index in [0.717, 1.165) is 12.1 Å². The minimum atomic E-state index is -4.31. The van der Waals surface area contributed by atoms with Crippen molar-refractivity contribution in [1.82, 2.24) is 0 Å². The average Bonchev–Trinajstić information content (AvgIpc) is 2.22. The molecule has 0 fully saturated rings. The molecule has 0 aliphatic carbocycles. The Bertz CT molecular complexity index is 393. The van der Waals surface area contributed by atoms with Crippen molar-refractivity contribution in [2.75, 3.05) is 12.4 Å². The number of benzene rings is 1. The quantitative estimate of drug-likeness (QED) is 0.662. The molecule has 18 heavy (non-hydrogen) atoms. The monoisotopic (exact) mass is 284 g/mol. The summed E-state index contributed by atoms with van der Waals surface area (Å²) in [5.74, 6) is -0.801. The molecule has 0 aliphatic heterocycles. The lowest BCUT2D eigenvalue weighted by Crippen LogP contribution is -2.09. The first kappa shape index (κ1) is 15.1. The van der Waals surface area contributed by atoms with Crippen LogP contribution in [-0.4, -0.2) is 23.0 Å². The lowest BCUT2D eigenvalue weighted by Gasteiger charge is -2.13. The fourth-order valence-corrected chi connectivity index (χ4v) is 1.69. The summed E-state index contributed by atoms with van der Waals surface area (Å²) >= 11 is -0.210. The van der Waals surface area contributed by atoms with Crippen LogP contribution >= 0.6 is 11.8 Å². The summed E-state index contributed by atoms with van der Waals surface area (Å²) in [5.41, 5.74) is -3.97. The van der Waals surface area contributed by atoms with Crippen molar-refractivity contribution in [3.8, 4) is 5.75 Å². The lowest BCUT2D eigenvalue weighted by atomic mass is 10.1. The van der Waals surface area contributed by atoms with Gasteiger partial charge in [0.1, 0.15) is 11.6 Å². The Balaban J connectivity index is 2.58. The molecule has 0 aromatic heterocycles. The number of hydrogen-bond donors (Lipinski definition) is 1. The molecule has 0 bridgehead atoms. The number of hydrogen-bond acceptors (Lipinski definition) is 3. The van der Waals surface area contributed by atoms with Crippen LogP contribution in [0, 0.1) is 5.82 Å². The summed E-state index contributed by atoms with van der Waals surface area (Å²) in [7, 11) is 0. The number of aliphatic hydroxyl groups excluding tert-OH is 1. The second-order valence-corrected chi connectivity index (χ2v) is 4.66. The summed E-state index contributed by atoms with van der Waals surface area (Å²) in [4.78, 5) is 0. The average molecular weight is 284 g/mol. The number of rotatable bonds is 5. The van der Waals surface area contributed by atoms with Crippen LogP contribution in [0.1, 0.15) is 18.6 Å². The summed E-state index contributed by atoms with van der Waals surface area (Å²) in [6.07, 6.45) is -0.879. The zero-order chi connectivity index (χ0) is 13.8. The molecule has 1 N–H and O–H groups in total. The maximum absolute atomic E-state index is 13.0. The van der Waals surface area contributed by atoms with Gasteiger partial charge in [-0.25, -0.2) is 4.39 Å². The summed E-state index contributed by atoms with van der Waals surface area (Å²) < 4.78 is 53.6. The van der Waals surface area contributed by atoms with Gasteiger partial charge in [0.25, 0.3) is 0 Å². The van der Waals surface area contributed by atoms with E-state index in [1.54, 1.807) is 0 Å². The first-order valence-corrected chi connectivity index (χ1v) is 6.09. The van der Waals surface area contributed by atoms with Gasteiger partial charge in [0.05, 0.1) is 12.7 Å². The van der Waals surface area contributed by atoms with Crippen LogP contribution in [0.15, 0.2) is 18.2 Å². The Hall–Kier alpha value is -0.950. The van der Waals surface area contributed by atoms with Gasteiger partial charge in [-0.2, -0.15) is 13.2 Å². The van der Waals surface area contributed by atoms with Crippen molar-refractivity contribution in [2.24, 2.45) is 0 Å². The van der Waals surface area contributed by atoms with Crippen molar-refractivity contribution < 1.29 is 27.4 Å². The molecule has 0 saturated heterocycles. The summed E-state index contributed by atoms with van der Waals surface area (Å²) in [6.45, 7) is 1.25. The third kappa shape index (κ3) is 5.14. The molecule has 0 saturated carbocycles. The van der Waals surface area contributed by atoms with Gasteiger partial charge < -0.3 is 9.84 Å². The maximum atomic E-state index is 13.0. The van der Waals surface area contributed by atoms with E-state index in [1.165, 1.54) is 13.0 Å². The number of alkyl halides is 3. The molecular formula is C11H12F4O2S. The van der Waals surface area contributed by atoms with E-state index in [9.17, 15) is 22.7 Å². The number of ether oxygens (including phenoxy) is 1. The van der Waals surface area contributed by atoms with Crippen molar-refractivity contribution >= 4 is 11.8 Å². The normalized spacial score (nSPS) is 13.4. The van der Waals surface area contributed by atoms with E-state index < -0.39 is 17.4 Å². The van der Waals surface area contributed by atoms with E-state index in [0.29, 0.717) is 5.56 Å². The Kier molecular flexibility index (Phi) is 5.28. The van der Waals surface area contributed by atoms with Gasteiger partial charge in [-0.3, -0.25) is 0 Å². The zero-order valence-electron chi connectivity index (χ0n) is 9.50. The Morgan fingerprint density at radius 3 is 2.61 bits per heavy atom. The molecule has 1 rings (SSSR count). The Morgan fingerprint density at radius 1 is 1.39 bits per heavy atom. The predicted molar refractivity (Wildman–Crippen MR) is 61.0 cm³/mol. The van der Waals surface area contributed by atoms with E-state index in [-0.39, 0.29) is 29.9 Å². The number of aliphatic hydroxyl groups is 1. The van der Waals surface area contributed by atoms with Crippen LogP contribution in [-0.2, 0) is 0 Å². The molecule has 0 heterocycles. The molecule has 0 radical (unpaired) electrons. The standard InChI is InChI=1S/C11H12F4O2S/c1-7(16)9-3-2-8(12)6-10(9)17-4-5-18-11(13,14)15/h2-3,6-7,16H,4-5H2,1H3/t7-/m0/s1. The van der Waals surface area contributed by atoms with Gasteiger partial charge in [0.15, 0.2) is 0 Å². The van der Waals surface area contributed by atoms with Crippen molar-refractivity contribution in [1.29, 1.82) is 0 Å². The Labute approximate surface area is 106 Å². The van der Waals surface area contributed by atoms with E-state index in [2.05, 4.69) is 0 Å². The summed E-state index contributed by atoms with van der Waals surface area (Å²) in [6, 6.07) is 3.53. The molecule has 1 aromatic rings. The Morgan fingerprint density at radius 2 is 2.06 bits per heavy atom. The minimum absolute atomic E-state index is 0.0628. The fourth-order valence-electron chi connectivity index (χ4n) is 1.29. The molecule has 0 amide bonds. The minimum Gasteiger partial charge on any atom is -0.492 e. The molecule has 1 atom stereocenters. The molecule has 0 spiro atoms. The van der Waals surface area contributed by atoms with Crippen LogP contribution in [0.2, 0.25) is 0 Å². The van der Waals surface area contributed by atoms with Crippen LogP contribution in [0.25, 0.3) is 0 Å². The molecular weight excluding hydrogens is 272 g/mol. The van der Waals surface area contributed by atoms with Gasteiger partial charge in [-0.1, -0.05) is 0 Å². The smallest absolute Gasteiger partial charge is 0.441 e. The number of thioether (sulfide) groups is 1. The van der Waals surface area contributed by atoms with Crippen LogP contribution < -0.4 is 4.74 Å². The molecule has 102 valence electrons. The molecule has 0 aliphatic rings. The third-order valence-electron chi connectivity index (χ3n) is 2.03. The van der Waals surface area contributed by atoms with E-state index in [1.807, 2.05) is 0 Å². The first-order chi connectivity index (χ1) is 8.29. The highest BCUT2D eigenvalue weighted by molar-refractivity contribution is 8.00. The zero-order valence-corrected chi connectivity index (χ0v) is 10.3. The molecule has 1 aromatic carbocycles. The fraction of sp³-hybridized carbons (Fsp3) is 0.455. The van der Waals surface area contributed by atoms with E-state index >= 15 is 0 Å². The second kappa shape index (κ2) is 6.29. The highest BCUT2D eigenvalue weighted by Crippen LogP contribution is 2.30. The topological polar surface area (TPSA) is 29.5 Å². The predicted octanol–water partition coefficient (Wildman–Crippen LogP) is 3.51.